The number of nitrogens with two attached hydrogens (primary N) is 1. The van der Waals surface area contributed by atoms with Crippen LogP contribution in [-0.2, 0) is 4.74 Å². The van der Waals surface area contributed by atoms with Gasteiger partial charge in [-0.2, -0.15) is 5.26 Å². The van der Waals surface area contributed by atoms with Gasteiger partial charge in [0.25, 0.3) is 0 Å². The molecule has 3 nitrogen and oxygen atoms in total. The monoisotopic (exact) mass is 478 g/mol. The van der Waals surface area contributed by atoms with Crippen molar-refractivity contribution in [1.29, 1.82) is 5.26 Å². The third-order valence-corrected chi connectivity index (χ3v) is 7.80. The molecule has 1 atom stereocenters. The second-order valence-electron chi connectivity index (χ2n) is 8.36. The lowest BCUT2D eigenvalue weighted by Crippen LogP contribution is -2.23. The second-order valence-corrected chi connectivity index (χ2v) is 9.81. The zero-order chi connectivity index (χ0) is 23.2. The van der Waals surface area contributed by atoms with Crippen molar-refractivity contribution >= 4 is 39.9 Å². The van der Waals surface area contributed by atoms with E-state index < -0.39 is 0 Å². The molecule has 0 aromatic heterocycles. The first-order chi connectivity index (χ1) is 16.6. The number of hydrogen-bond donors (Lipinski definition) is 1. The minimum absolute atomic E-state index is 0.155. The van der Waals surface area contributed by atoms with Crippen molar-refractivity contribution in [3.8, 4) is 17.2 Å². The first-order valence-electron chi connectivity index (χ1n) is 11.0. The topological polar surface area (TPSA) is 59.0 Å². The van der Waals surface area contributed by atoms with Crippen molar-refractivity contribution in [1.82, 2.24) is 0 Å². The Morgan fingerprint density at radius 3 is 2.56 bits per heavy atom. The van der Waals surface area contributed by atoms with Crippen molar-refractivity contribution in [3.05, 3.63) is 118 Å². The van der Waals surface area contributed by atoms with Crippen molar-refractivity contribution < 1.29 is 4.74 Å². The van der Waals surface area contributed by atoms with E-state index in [1.165, 1.54) is 16.3 Å². The number of nitrogens with zero attached hydrogens (tertiary/aromatic N) is 1. The standard InChI is InChI=1S/C29H19ClN2OS/c30-20-12-13-26-23(14-20)28-25(16-34-26)27(24(15-31)29(32)33-28)19-10-8-18(9-11-19)22-7-3-5-17-4-1-2-6-21(17)22/h1-14,27H,16,32H2. The number of hydrogen-bond acceptors (Lipinski definition) is 4. The summed E-state index contributed by atoms with van der Waals surface area (Å²) in [7, 11) is 0. The Morgan fingerprint density at radius 1 is 0.941 bits per heavy atom. The molecule has 6 rings (SSSR count). The average molecular weight is 479 g/mol. The number of fused-ring (bicyclic) bond motifs is 3. The maximum atomic E-state index is 9.96. The fraction of sp³-hybridized carbons (Fsp3) is 0.0690. The highest BCUT2D eigenvalue weighted by atomic mass is 35.5. The van der Waals surface area contributed by atoms with E-state index in [0.717, 1.165) is 38.7 Å². The van der Waals surface area contributed by atoms with Gasteiger partial charge in [-0.25, -0.2) is 0 Å². The van der Waals surface area contributed by atoms with Crippen molar-refractivity contribution in [2.75, 3.05) is 5.75 Å². The number of allylic oxidation sites excluding steroid dienone is 1. The van der Waals surface area contributed by atoms with Crippen LogP contribution in [0.2, 0.25) is 5.02 Å². The van der Waals surface area contributed by atoms with E-state index in [9.17, 15) is 5.26 Å². The molecule has 0 bridgehead atoms. The van der Waals surface area contributed by atoms with Gasteiger partial charge in [-0.05, 0) is 51.2 Å². The zero-order valence-electron chi connectivity index (χ0n) is 18.1. The van der Waals surface area contributed by atoms with Crippen molar-refractivity contribution in [2.45, 2.75) is 10.8 Å². The largest absolute Gasteiger partial charge is 0.440 e. The molecule has 0 saturated carbocycles. The van der Waals surface area contributed by atoms with Crippen LogP contribution in [-0.4, -0.2) is 5.75 Å². The van der Waals surface area contributed by atoms with E-state index in [1.807, 2.05) is 18.2 Å². The molecular weight excluding hydrogens is 460 g/mol. The first-order valence-corrected chi connectivity index (χ1v) is 12.3. The van der Waals surface area contributed by atoms with Gasteiger partial charge in [0.2, 0.25) is 5.88 Å². The van der Waals surface area contributed by atoms with Gasteiger partial charge in [-0.1, -0.05) is 78.3 Å². The summed E-state index contributed by atoms with van der Waals surface area (Å²) in [6.07, 6.45) is 0. The summed E-state index contributed by atoms with van der Waals surface area (Å²) in [5.74, 6) is 1.34. The molecule has 2 N–H and O–H groups in total. The van der Waals surface area contributed by atoms with E-state index in [1.54, 1.807) is 11.8 Å². The molecule has 0 saturated heterocycles. The van der Waals surface area contributed by atoms with Crippen LogP contribution in [0.15, 0.2) is 107 Å². The minimum Gasteiger partial charge on any atom is -0.440 e. The lowest BCUT2D eigenvalue weighted by Gasteiger charge is -2.32. The molecule has 2 aliphatic heterocycles. The summed E-state index contributed by atoms with van der Waals surface area (Å²) in [5.41, 5.74) is 12.0. The van der Waals surface area contributed by atoms with Gasteiger partial charge in [-0.3, -0.25) is 0 Å². The van der Waals surface area contributed by atoms with Gasteiger partial charge >= 0.3 is 0 Å². The predicted molar refractivity (Wildman–Crippen MR) is 139 cm³/mol. The van der Waals surface area contributed by atoms with Crippen LogP contribution >= 0.6 is 23.4 Å². The van der Waals surface area contributed by atoms with Crippen LogP contribution in [0.4, 0.5) is 0 Å². The molecule has 0 spiro atoms. The minimum atomic E-state index is -0.255. The quantitative estimate of drug-likeness (QED) is 0.324. The van der Waals surface area contributed by atoms with E-state index >= 15 is 0 Å². The van der Waals surface area contributed by atoms with Gasteiger partial charge in [0.1, 0.15) is 17.4 Å². The molecule has 0 fully saturated rings. The van der Waals surface area contributed by atoms with Crippen LogP contribution in [0.1, 0.15) is 17.0 Å². The molecule has 2 aliphatic rings. The SMILES string of the molecule is N#CC1=C(N)OC2=C(CSc3ccc(Cl)cc32)C1c1ccc(-c2cccc3ccccc23)cc1. The third-order valence-electron chi connectivity index (χ3n) is 6.44. The molecule has 4 aromatic carbocycles. The Morgan fingerprint density at radius 2 is 1.74 bits per heavy atom. The van der Waals surface area contributed by atoms with Gasteiger partial charge in [-0.15, -0.1) is 11.8 Å². The number of benzene rings is 4. The first kappa shape index (κ1) is 20.9. The Hall–Kier alpha value is -3.65. The highest BCUT2D eigenvalue weighted by Gasteiger charge is 2.36. The van der Waals surface area contributed by atoms with Gasteiger partial charge in [0.05, 0.1) is 5.92 Å². The van der Waals surface area contributed by atoms with Gasteiger partial charge in [0, 0.05) is 21.2 Å². The molecular formula is C29H19ClN2OS. The molecule has 0 amide bonds. The van der Waals surface area contributed by atoms with Crippen LogP contribution in [0.3, 0.4) is 0 Å². The number of halogens is 1. The lowest BCUT2D eigenvalue weighted by atomic mass is 9.82. The van der Waals surface area contributed by atoms with Crippen molar-refractivity contribution in [2.24, 2.45) is 5.73 Å². The Kier molecular flexibility index (Phi) is 5.10. The fourth-order valence-electron chi connectivity index (χ4n) is 4.84. The highest BCUT2D eigenvalue weighted by molar-refractivity contribution is 7.99. The van der Waals surface area contributed by atoms with Crippen LogP contribution < -0.4 is 5.73 Å². The molecule has 0 radical (unpaired) electrons. The van der Waals surface area contributed by atoms with Gasteiger partial charge in [0.15, 0.2) is 0 Å². The second kappa shape index (κ2) is 8.29. The number of ether oxygens (including phenoxy) is 1. The van der Waals surface area contributed by atoms with Crippen LogP contribution in [0.5, 0.6) is 0 Å². The maximum Gasteiger partial charge on any atom is 0.205 e. The number of nitriles is 1. The Bertz CT molecular complexity index is 1560. The van der Waals surface area contributed by atoms with E-state index in [4.69, 9.17) is 22.1 Å². The molecule has 34 heavy (non-hydrogen) atoms. The molecule has 0 aliphatic carbocycles. The summed E-state index contributed by atoms with van der Waals surface area (Å²) >= 11 is 8.02. The van der Waals surface area contributed by atoms with E-state index in [0.29, 0.717) is 10.6 Å². The molecule has 1 unspecified atom stereocenters. The van der Waals surface area contributed by atoms with Gasteiger partial charge < -0.3 is 10.5 Å². The van der Waals surface area contributed by atoms with E-state index in [2.05, 4.69) is 72.8 Å². The van der Waals surface area contributed by atoms with Crippen LogP contribution in [0.25, 0.3) is 27.7 Å². The summed E-state index contributed by atoms with van der Waals surface area (Å²) in [6, 6.07) is 31.3. The summed E-state index contributed by atoms with van der Waals surface area (Å²) in [6.45, 7) is 0. The maximum absolute atomic E-state index is 9.96. The zero-order valence-corrected chi connectivity index (χ0v) is 19.7. The van der Waals surface area contributed by atoms with E-state index in [-0.39, 0.29) is 11.8 Å². The number of rotatable bonds is 2. The summed E-state index contributed by atoms with van der Waals surface area (Å²) < 4.78 is 6.01. The van der Waals surface area contributed by atoms with Crippen LogP contribution in [0, 0.1) is 11.3 Å². The predicted octanol–water partition coefficient (Wildman–Crippen LogP) is 7.48. The smallest absolute Gasteiger partial charge is 0.205 e. The molecule has 164 valence electrons. The number of thioether (sulfide) groups is 1. The Labute approximate surface area is 207 Å². The highest BCUT2D eigenvalue weighted by Crippen LogP contribution is 2.49. The lowest BCUT2D eigenvalue weighted by molar-refractivity contribution is 0.354. The average Bonchev–Trinajstić information content (AvgIpc) is 2.87. The fourth-order valence-corrected chi connectivity index (χ4v) is 6.09. The molecule has 4 aromatic rings. The Balaban J connectivity index is 1.46. The summed E-state index contributed by atoms with van der Waals surface area (Å²) in [4.78, 5) is 1.10. The summed E-state index contributed by atoms with van der Waals surface area (Å²) in [5, 5.41) is 13.0. The third kappa shape index (κ3) is 3.37. The molecule has 2 heterocycles. The van der Waals surface area contributed by atoms with Crippen molar-refractivity contribution in [3.63, 3.8) is 0 Å². The molecule has 5 heteroatoms. The normalized spacial score (nSPS) is 17.1.